The van der Waals surface area contributed by atoms with Gasteiger partial charge in [-0.25, -0.2) is 0 Å². The fourth-order valence-corrected chi connectivity index (χ4v) is 4.29. The number of rotatable bonds is 7. The molecule has 1 saturated heterocycles. The van der Waals surface area contributed by atoms with E-state index in [1.165, 1.54) is 0 Å². The average molecular weight is 418 g/mol. The number of carbonyl (C=O) groups is 2. The second-order valence-corrected chi connectivity index (χ2v) is 8.13. The minimum absolute atomic E-state index is 0.0662. The zero-order valence-electron chi connectivity index (χ0n) is 17.7. The van der Waals surface area contributed by atoms with Crippen molar-refractivity contribution >= 4 is 11.8 Å². The van der Waals surface area contributed by atoms with Gasteiger partial charge in [-0.2, -0.15) is 0 Å². The lowest BCUT2D eigenvalue weighted by atomic mass is 9.81. The van der Waals surface area contributed by atoms with Crippen molar-refractivity contribution in [2.75, 3.05) is 20.1 Å². The molecule has 2 amide bonds. The molecule has 1 aliphatic rings. The summed E-state index contributed by atoms with van der Waals surface area (Å²) in [7, 11) is 1.64. The maximum Gasteiger partial charge on any atom is 0.228 e. The highest BCUT2D eigenvalue weighted by Crippen LogP contribution is 2.36. The number of hydrogen-bond acceptors (Lipinski definition) is 4. The molecule has 1 N–H and O–H groups in total. The van der Waals surface area contributed by atoms with E-state index in [0.717, 1.165) is 16.8 Å². The van der Waals surface area contributed by atoms with Crippen molar-refractivity contribution in [1.82, 2.24) is 15.4 Å². The van der Waals surface area contributed by atoms with Crippen LogP contribution in [0.25, 0.3) is 11.3 Å². The highest BCUT2D eigenvalue weighted by molar-refractivity contribution is 5.85. The van der Waals surface area contributed by atoms with Crippen LogP contribution in [-0.2, 0) is 22.4 Å². The molecule has 1 aliphatic heterocycles. The monoisotopic (exact) mass is 417 g/mol. The molecule has 4 rings (SSSR count). The van der Waals surface area contributed by atoms with E-state index in [-0.39, 0.29) is 11.8 Å². The first-order valence-corrected chi connectivity index (χ1v) is 10.6. The first kappa shape index (κ1) is 20.8. The summed E-state index contributed by atoms with van der Waals surface area (Å²) in [4.78, 5) is 27.5. The maximum atomic E-state index is 12.9. The first-order chi connectivity index (χ1) is 15.1. The van der Waals surface area contributed by atoms with E-state index in [9.17, 15) is 9.59 Å². The quantitative estimate of drug-likeness (QED) is 0.639. The van der Waals surface area contributed by atoms with Crippen LogP contribution in [0.3, 0.4) is 0 Å². The summed E-state index contributed by atoms with van der Waals surface area (Å²) < 4.78 is 5.57. The lowest BCUT2D eigenvalue weighted by molar-refractivity contribution is -0.133. The summed E-state index contributed by atoms with van der Waals surface area (Å²) >= 11 is 0. The smallest absolute Gasteiger partial charge is 0.228 e. The number of aromatic nitrogens is 1. The molecule has 0 saturated carbocycles. The molecule has 1 atom stereocenters. The molecular weight excluding hydrogens is 390 g/mol. The van der Waals surface area contributed by atoms with Crippen LogP contribution in [0.5, 0.6) is 0 Å². The van der Waals surface area contributed by atoms with Gasteiger partial charge in [-0.05, 0) is 18.4 Å². The van der Waals surface area contributed by atoms with Gasteiger partial charge in [0.25, 0.3) is 0 Å². The third-order valence-corrected chi connectivity index (χ3v) is 6.03. The van der Waals surface area contributed by atoms with Crippen molar-refractivity contribution in [3.8, 4) is 11.3 Å². The zero-order chi connectivity index (χ0) is 21.7. The van der Waals surface area contributed by atoms with Gasteiger partial charge in [0.05, 0.1) is 5.41 Å². The number of hydrogen-bond donors (Lipinski definition) is 1. The van der Waals surface area contributed by atoms with Gasteiger partial charge in [-0.15, -0.1) is 0 Å². The molecular formula is C25H27N3O3. The number of likely N-dealkylation sites (tertiary alicyclic amines) is 1. The highest BCUT2D eigenvalue weighted by atomic mass is 16.5. The van der Waals surface area contributed by atoms with Crippen LogP contribution >= 0.6 is 0 Å². The largest absolute Gasteiger partial charge is 0.361 e. The van der Waals surface area contributed by atoms with Crippen LogP contribution in [0.4, 0.5) is 0 Å². The molecule has 0 radical (unpaired) electrons. The SMILES string of the molecule is CNC(=O)[C@@]1(Cc2cc(-c3ccccc3)no2)CCN(C(=O)CCc2ccccc2)C1. The maximum absolute atomic E-state index is 12.9. The topological polar surface area (TPSA) is 75.4 Å². The Kier molecular flexibility index (Phi) is 6.16. The van der Waals surface area contributed by atoms with Gasteiger partial charge in [0.15, 0.2) is 0 Å². The Morgan fingerprint density at radius 2 is 1.81 bits per heavy atom. The summed E-state index contributed by atoms with van der Waals surface area (Å²) in [5, 5.41) is 6.96. The van der Waals surface area contributed by atoms with E-state index < -0.39 is 5.41 Å². The Balaban J connectivity index is 1.45. The number of nitrogens with zero attached hydrogens (tertiary/aromatic N) is 2. The number of carbonyl (C=O) groups excluding carboxylic acids is 2. The van der Waals surface area contributed by atoms with E-state index in [0.29, 0.717) is 44.5 Å². The summed E-state index contributed by atoms with van der Waals surface area (Å²) in [5.41, 5.74) is 2.15. The Labute approximate surface area is 182 Å². The molecule has 31 heavy (non-hydrogen) atoms. The van der Waals surface area contributed by atoms with E-state index in [2.05, 4.69) is 10.5 Å². The van der Waals surface area contributed by atoms with Crippen molar-refractivity contribution < 1.29 is 14.1 Å². The van der Waals surface area contributed by atoms with Crippen molar-refractivity contribution in [3.63, 3.8) is 0 Å². The third kappa shape index (κ3) is 4.68. The Morgan fingerprint density at radius 1 is 1.10 bits per heavy atom. The van der Waals surface area contributed by atoms with E-state index in [1.54, 1.807) is 7.05 Å². The minimum Gasteiger partial charge on any atom is -0.361 e. The van der Waals surface area contributed by atoms with Crippen LogP contribution in [-0.4, -0.2) is 42.0 Å². The van der Waals surface area contributed by atoms with Crippen LogP contribution in [0.1, 0.15) is 24.2 Å². The van der Waals surface area contributed by atoms with Gasteiger partial charge in [0, 0.05) is 44.6 Å². The third-order valence-electron chi connectivity index (χ3n) is 6.03. The van der Waals surface area contributed by atoms with Gasteiger partial charge in [-0.3, -0.25) is 9.59 Å². The second-order valence-electron chi connectivity index (χ2n) is 8.13. The van der Waals surface area contributed by atoms with Crippen molar-refractivity contribution in [2.45, 2.75) is 25.7 Å². The Morgan fingerprint density at radius 3 is 2.52 bits per heavy atom. The summed E-state index contributed by atoms with van der Waals surface area (Å²) in [6, 6.07) is 21.7. The summed E-state index contributed by atoms with van der Waals surface area (Å²) in [6.07, 6.45) is 2.15. The normalized spacial score (nSPS) is 18.2. The molecule has 0 spiro atoms. The lowest BCUT2D eigenvalue weighted by Crippen LogP contribution is -2.44. The predicted molar refractivity (Wildman–Crippen MR) is 118 cm³/mol. The molecule has 0 unspecified atom stereocenters. The molecule has 6 heteroatoms. The van der Waals surface area contributed by atoms with Gasteiger partial charge < -0.3 is 14.7 Å². The number of amides is 2. The zero-order valence-corrected chi connectivity index (χ0v) is 17.7. The minimum atomic E-state index is -0.704. The summed E-state index contributed by atoms with van der Waals surface area (Å²) in [5.74, 6) is 0.668. The van der Waals surface area contributed by atoms with Crippen LogP contribution in [0, 0.1) is 5.41 Å². The predicted octanol–water partition coefficient (Wildman–Crippen LogP) is 3.48. The number of benzene rings is 2. The average Bonchev–Trinajstić information content (AvgIpc) is 3.47. The highest BCUT2D eigenvalue weighted by Gasteiger charge is 2.46. The summed E-state index contributed by atoms with van der Waals surface area (Å²) in [6.45, 7) is 0.961. The molecule has 3 aromatic rings. The molecule has 2 aromatic carbocycles. The number of aryl methyl sites for hydroxylation is 1. The molecule has 0 bridgehead atoms. The van der Waals surface area contributed by atoms with Gasteiger partial charge in [0.1, 0.15) is 11.5 Å². The van der Waals surface area contributed by atoms with E-state index in [1.807, 2.05) is 71.6 Å². The molecule has 2 heterocycles. The second kappa shape index (κ2) is 9.16. The van der Waals surface area contributed by atoms with E-state index in [4.69, 9.17) is 4.52 Å². The molecule has 160 valence electrons. The van der Waals surface area contributed by atoms with Gasteiger partial charge >= 0.3 is 0 Å². The van der Waals surface area contributed by atoms with Crippen molar-refractivity contribution in [2.24, 2.45) is 5.41 Å². The standard InChI is InChI=1S/C25H27N3O3/c1-26-24(30)25(17-21-16-22(27-31-21)20-10-6-3-7-11-20)14-15-28(18-25)23(29)13-12-19-8-4-2-5-9-19/h2-11,16H,12-15,17-18H2,1H3,(H,26,30)/t25-/m1/s1. The van der Waals surface area contributed by atoms with Crippen LogP contribution in [0.2, 0.25) is 0 Å². The Bertz CT molecular complexity index is 1030. The van der Waals surface area contributed by atoms with Gasteiger partial charge in [-0.1, -0.05) is 65.8 Å². The van der Waals surface area contributed by atoms with Crippen molar-refractivity contribution in [3.05, 3.63) is 78.1 Å². The molecule has 1 aromatic heterocycles. The fraction of sp³-hybridized carbons (Fsp3) is 0.320. The van der Waals surface area contributed by atoms with Crippen LogP contribution in [0.15, 0.2) is 71.3 Å². The molecule has 0 aliphatic carbocycles. The molecule has 1 fully saturated rings. The van der Waals surface area contributed by atoms with E-state index >= 15 is 0 Å². The first-order valence-electron chi connectivity index (χ1n) is 10.6. The molecule has 6 nitrogen and oxygen atoms in total. The van der Waals surface area contributed by atoms with Crippen molar-refractivity contribution in [1.29, 1.82) is 0 Å². The van der Waals surface area contributed by atoms with Crippen LogP contribution < -0.4 is 5.32 Å². The van der Waals surface area contributed by atoms with Gasteiger partial charge in [0.2, 0.25) is 11.8 Å². The number of nitrogens with one attached hydrogen (secondary N) is 1. The lowest BCUT2D eigenvalue weighted by Gasteiger charge is -2.26. The fourth-order valence-electron chi connectivity index (χ4n) is 4.29. The Hall–Kier alpha value is -3.41.